The first-order valence-corrected chi connectivity index (χ1v) is 8.12. The van der Waals surface area contributed by atoms with Gasteiger partial charge in [0.05, 0.1) is 12.2 Å². The Morgan fingerprint density at radius 2 is 1.89 bits per heavy atom. The van der Waals surface area contributed by atoms with Crippen LogP contribution < -0.4 is 5.32 Å². The van der Waals surface area contributed by atoms with E-state index in [-0.39, 0.29) is 5.60 Å². The van der Waals surface area contributed by atoms with Crippen LogP contribution >= 0.6 is 15.9 Å². The van der Waals surface area contributed by atoms with Gasteiger partial charge in [-0.05, 0) is 43.5 Å². The second-order valence-electron chi connectivity index (χ2n) is 5.48. The molecule has 19 heavy (non-hydrogen) atoms. The molecule has 1 aliphatic rings. The molecule has 1 aromatic rings. The van der Waals surface area contributed by atoms with Crippen molar-refractivity contribution in [2.24, 2.45) is 0 Å². The standard InChI is InChI=1S/C16H24BrNO/c1-2-11-18-13-16(9-3-4-10-16)19-12-14-5-7-15(17)8-6-14/h5-8,18H,2-4,9-13H2,1H3. The Bertz CT molecular complexity index is 371. The summed E-state index contributed by atoms with van der Waals surface area (Å²) in [5.41, 5.74) is 1.33. The molecule has 1 saturated carbocycles. The fourth-order valence-corrected chi connectivity index (χ4v) is 2.97. The van der Waals surface area contributed by atoms with Gasteiger partial charge in [-0.1, -0.05) is 47.8 Å². The van der Waals surface area contributed by atoms with E-state index >= 15 is 0 Å². The molecule has 1 N–H and O–H groups in total. The van der Waals surface area contributed by atoms with E-state index in [0.29, 0.717) is 0 Å². The Morgan fingerprint density at radius 3 is 2.53 bits per heavy atom. The Balaban J connectivity index is 1.87. The second-order valence-corrected chi connectivity index (χ2v) is 6.40. The molecule has 0 atom stereocenters. The lowest BCUT2D eigenvalue weighted by Gasteiger charge is -2.30. The van der Waals surface area contributed by atoms with Crippen LogP contribution in [0.15, 0.2) is 28.7 Å². The Labute approximate surface area is 125 Å². The molecule has 0 unspecified atom stereocenters. The van der Waals surface area contributed by atoms with E-state index in [4.69, 9.17) is 4.74 Å². The van der Waals surface area contributed by atoms with E-state index in [9.17, 15) is 0 Å². The van der Waals surface area contributed by atoms with Crippen LogP contribution in [0.25, 0.3) is 0 Å². The van der Waals surface area contributed by atoms with Gasteiger partial charge in [-0.2, -0.15) is 0 Å². The van der Waals surface area contributed by atoms with Gasteiger partial charge in [0, 0.05) is 11.0 Å². The molecule has 0 radical (unpaired) electrons. The van der Waals surface area contributed by atoms with Crippen LogP contribution in [0.2, 0.25) is 0 Å². The van der Waals surface area contributed by atoms with E-state index in [2.05, 4.69) is 52.4 Å². The molecule has 0 aromatic heterocycles. The van der Waals surface area contributed by atoms with Crippen molar-refractivity contribution in [1.29, 1.82) is 0 Å². The zero-order chi connectivity index (χ0) is 13.6. The minimum absolute atomic E-state index is 0.0717. The van der Waals surface area contributed by atoms with Gasteiger partial charge in [-0.15, -0.1) is 0 Å². The molecule has 0 aliphatic heterocycles. The Hall–Kier alpha value is -0.380. The highest BCUT2D eigenvalue weighted by molar-refractivity contribution is 9.10. The Morgan fingerprint density at radius 1 is 1.21 bits per heavy atom. The average molecular weight is 326 g/mol. The molecule has 1 fully saturated rings. The molecule has 0 heterocycles. The summed E-state index contributed by atoms with van der Waals surface area (Å²) in [6.45, 7) is 5.01. The van der Waals surface area contributed by atoms with E-state index in [1.807, 2.05) is 0 Å². The van der Waals surface area contributed by atoms with Crippen molar-refractivity contribution in [3.05, 3.63) is 34.3 Å². The SMILES string of the molecule is CCCNCC1(OCc2ccc(Br)cc2)CCCC1. The maximum absolute atomic E-state index is 6.29. The summed E-state index contributed by atoms with van der Waals surface area (Å²) in [6, 6.07) is 8.42. The predicted octanol–water partition coefficient (Wildman–Crippen LogP) is 4.28. The summed E-state index contributed by atoms with van der Waals surface area (Å²) >= 11 is 3.46. The van der Waals surface area contributed by atoms with Crippen LogP contribution in [0.4, 0.5) is 0 Å². The lowest BCUT2D eigenvalue weighted by molar-refractivity contribution is -0.0502. The number of ether oxygens (including phenoxy) is 1. The van der Waals surface area contributed by atoms with Gasteiger partial charge in [-0.25, -0.2) is 0 Å². The summed E-state index contributed by atoms with van der Waals surface area (Å²) in [7, 11) is 0. The number of halogens is 1. The van der Waals surface area contributed by atoms with Gasteiger partial charge < -0.3 is 10.1 Å². The van der Waals surface area contributed by atoms with Crippen molar-refractivity contribution in [2.45, 2.75) is 51.2 Å². The first-order valence-electron chi connectivity index (χ1n) is 7.33. The molecular formula is C16H24BrNO. The van der Waals surface area contributed by atoms with Crippen molar-refractivity contribution in [1.82, 2.24) is 5.32 Å². The highest BCUT2D eigenvalue weighted by atomic mass is 79.9. The summed E-state index contributed by atoms with van der Waals surface area (Å²) in [5.74, 6) is 0. The van der Waals surface area contributed by atoms with Crippen LogP contribution in [0.3, 0.4) is 0 Å². The minimum Gasteiger partial charge on any atom is -0.369 e. The molecule has 0 saturated heterocycles. The quantitative estimate of drug-likeness (QED) is 0.755. The van der Waals surface area contributed by atoms with Crippen molar-refractivity contribution >= 4 is 15.9 Å². The smallest absolute Gasteiger partial charge is 0.0810 e. The number of nitrogens with one attached hydrogen (secondary N) is 1. The molecule has 1 aromatic carbocycles. The Kier molecular flexibility index (Phi) is 5.86. The molecule has 1 aliphatic carbocycles. The van der Waals surface area contributed by atoms with Gasteiger partial charge in [0.15, 0.2) is 0 Å². The number of rotatable bonds is 7. The summed E-state index contributed by atoms with van der Waals surface area (Å²) < 4.78 is 7.41. The molecule has 2 rings (SSSR count). The second kappa shape index (κ2) is 7.41. The summed E-state index contributed by atoms with van der Waals surface area (Å²) in [4.78, 5) is 0. The van der Waals surface area contributed by atoms with Crippen molar-refractivity contribution in [3.8, 4) is 0 Å². The third-order valence-electron chi connectivity index (χ3n) is 3.85. The fraction of sp³-hybridized carbons (Fsp3) is 0.625. The van der Waals surface area contributed by atoms with E-state index in [1.54, 1.807) is 0 Å². The molecule has 0 spiro atoms. The monoisotopic (exact) mass is 325 g/mol. The molecule has 2 nitrogen and oxygen atoms in total. The van der Waals surface area contributed by atoms with Crippen LogP contribution in [-0.4, -0.2) is 18.7 Å². The van der Waals surface area contributed by atoms with Gasteiger partial charge in [0.2, 0.25) is 0 Å². The predicted molar refractivity (Wildman–Crippen MR) is 83.3 cm³/mol. The number of hydrogen-bond acceptors (Lipinski definition) is 2. The van der Waals surface area contributed by atoms with Crippen molar-refractivity contribution in [3.63, 3.8) is 0 Å². The van der Waals surface area contributed by atoms with E-state index < -0.39 is 0 Å². The van der Waals surface area contributed by atoms with Crippen molar-refractivity contribution in [2.75, 3.05) is 13.1 Å². The molecule has 3 heteroatoms. The third kappa shape index (κ3) is 4.59. The third-order valence-corrected chi connectivity index (χ3v) is 4.38. The lowest BCUT2D eigenvalue weighted by atomic mass is 10.0. The largest absolute Gasteiger partial charge is 0.369 e. The fourth-order valence-electron chi connectivity index (χ4n) is 2.70. The average Bonchev–Trinajstić information content (AvgIpc) is 2.88. The van der Waals surface area contributed by atoms with Crippen LogP contribution in [0, 0.1) is 0 Å². The van der Waals surface area contributed by atoms with Crippen LogP contribution in [-0.2, 0) is 11.3 Å². The van der Waals surface area contributed by atoms with E-state index in [0.717, 1.165) is 24.2 Å². The summed E-state index contributed by atoms with van der Waals surface area (Å²) in [6.07, 6.45) is 6.17. The first kappa shape index (κ1) is 15.0. The number of hydrogen-bond donors (Lipinski definition) is 1. The minimum atomic E-state index is 0.0717. The molecule has 106 valence electrons. The molecular weight excluding hydrogens is 302 g/mol. The van der Waals surface area contributed by atoms with E-state index in [1.165, 1.54) is 37.7 Å². The highest BCUT2D eigenvalue weighted by Crippen LogP contribution is 2.33. The normalized spacial score (nSPS) is 17.8. The first-order chi connectivity index (χ1) is 9.24. The number of benzene rings is 1. The van der Waals surface area contributed by atoms with Gasteiger partial charge >= 0.3 is 0 Å². The maximum atomic E-state index is 6.29. The van der Waals surface area contributed by atoms with Gasteiger partial charge in [0.1, 0.15) is 0 Å². The summed E-state index contributed by atoms with van der Waals surface area (Å²) in [5, 5.41) is 3.53. The van der Waals surface area contributed by atoms with Crippen LogP contribution in [0.5, 0.6) is 0 Å². The van der Waals surface area contributed by atoms with Crippen molar-refractivity contribution < 1.29 is 4.74 Å². The maximum Gasteiger partial charge on any atom is 0.0810 e. The van der Waals surface area contributed by atoms with Gasteiger partial charge in [0.25, 0.3) is 0 Å². The molecule has 0 bridgehead atoms. The topological polar surface area (TPSA) is 21.3 Å². The highest BCUT2D eigenvalue weighted by Gasteiger charge is 2.34. The van der Waals surface area contributed by atoms with Crippen LogP contribution in [0.1, 0.15) is 44.6 Å². The zero-order valence-electron chi connectivity index (χ0n) is 11.8. The molecule has 0 amide bonds. The zero-order valence-corrected chi connectivity index (χ0v) is 13.3. The lowest BCUT2D eigenvalue weighted by Crippen LogP contribution is -2.41. The van der Waals surface area contributed by atoms with Gasteiger partial charge in [-0.3, -0.25) is 0 Å².